The molecule has 0 saturated carbocycles. The third kappa shape index (κ3) is 5.74. The molecule has 9 heteroatoms. The zero-order chi connectivity index (χ0) is 21.9. The lowest BCUT2D eigenvalue weighted by molar-refractivity contribution is 0.601. The van der Waals surface area contributed by atoms with Crippen LogP contribution in [0.2, 0.25) is 0 Å². The highest BCUT2D eigenvalue weighted by molar-refractivity contribution is 7.92. The van der Waals surface area contributed by atoms with Crippen LogP contribution in [0, 0.1) is 27.7 Å². The van der Waals surface area contributed by atoms with Crippen LogP contribution in [-0.4, -0.2) is 23.5 Å². The Morgan fingerprint density at radius 3 is 2.03 bits per heavy atom. The van der Waals surface area contributed by atoms with E-state index in [1.54, 1.807) is 32.0 Å². The summed E-state index contributed by atoms with van der Waals surface area (Å²) in [6.07, 6.45) is 0. The lowest BCUT2D eigenvalue weighted by atomic mass is 10.1. The van der Waals surface area contributed by atoms with Gasteiger partial charge in [0.2, 0.25) is 0 Å². The lowest BCUT2D eigenvalue weighted by Crippen LogP contribution is -2.19. The number of nitrogens with zero attached hydrogens (tertiary/aromatic N) is 2. The standard InChI is InChI=1S/C21H23N5O2S2/c1-13-9-14(2)11-18(10-13)25-21(29)24-17-5-7-19(8-6-17)30(27,28)26-20-12-15(3)22-16(4)23-20/h5-12H,1-4H3,(H,22,23,26)(H2,24,25,29). The maximum atomic E-state index is 12.6. The molecule has 0 unspecified atom stereocenters. The number of hydrogen-bond donors (Lipinski definition) is 3. The molecule has 0 saturated heterocycles. The summed E-state index contributed by atoms with van der Waals surface area (Å²) in [5, 5.41) is 6.61. The third-order valence-electron chi connectivity index (χ3n) is 4.11. The lowest BCUT2D eigenvalue weighted by Gasteiger charge is -2.13. The Morgan fingerprint density at radius 2 is 1.43 bits per heavy atom. The fourth-order valence-corrected chi connectivity index (χ4v) is 4.25. The Bertz CT molecular complexity index is 1150. The van der Waals surface area contributed by atoms with Gasteiger partial charge in [0.15, 0.2) is 5.11 Å². The number of anilines is 3. The first kappa shape index (κ1) is 21.7. The molecule has 3 aromatic rings. The van der Waals surface area contributed by atoms with Gasteiger partial charge in [-0.3, -0.25) is 4.72 Å². The fourth-order valence-electron chi connectivity index (χ4n) is 3.02. The van der Waals surface area contributed by atoms with E-state index in [-0.39, 0.29) is 10.7 Å². The molecule has 1 aromatic heterocycles. The van der Waals surface area contributed by atoms with Crippen LogP contribution >= 0.6 is 12.2 Å². The quantitative estimate of drug-likeness (QED) is 0.508. The van der Waals surface area contributed by atoms with Crippen molar-refractivity contribution in [1.29, 1.82) is 0 Å². The van der Waals surface area contributed by atoms with Gasteiger partial charge in [-0.25, -0.2) is 18.4 Å². The minimum Gasteiger partial charge on any atom is -0.332 e. The molecular formula is C21H23N5O2S2. The smallest absolute Gasteiger partial charge is 0.263 e. The van der Waals surface area contributed by atoms with Crippen molar-refractivity contribution >= 4 is 44.5 Å². The van der Waals surface area contributed by atoms with Crippen LogP contribution in [0.4, 0.5) is 17.2 Å². The van der Waals surface area contributed by atoms with Crippen molar-refractivity contribution in [1.82, 2.24) is 9.97 Å². The van der Waals surface area contributed by atoms with Crippen molar-refractivity contribution in [3.05, 3.63) is 71.2 Å². The first-order chi connectivity index (χ1) is 14.1. The molecule has 0 fully saturated rings. The molecule has 3 N–H and O–H groups in total. The van der Waals surface area contributed by atoms with Crippen LogP contribution in [0.5, 0.6) is 0 Å². The van der Waals surface area contributed by atoms with Gasteiger partial charge in [0, 0.05) is 23.1 Å². The zero-order valence-electron chi connectivity index (χ0n) is 17.1. The highest BCUT2D eigenvalue weighted by atomic mass is 32.2. The van der Waals surface area contributed by atoms with Crippen LogP contribution < -0.4 is 15.4 Å². The number of rotatable bonds is 5. The van der Waals surface area contributed by atoms with Crippen LogP contribution in [0.15, 0.2) is 53.4 Å². The van der Waals surface area contributed by atoms with E-state index in [0.717, 1.165) is 16.8 Å². The fraction of sp³-hybridized carbons (Fsp3) is 0.190. The highest BCUT2D eigenvalue weighted by Gasteiger charge is 2.15. The summed E-state index contributed by atoms with van der Waals surface area (Å²) >= 11 is 5.35. The van der Waals surface area contributed by atoms with E-state index >= 15 is 0 Å². The Balaban J connectivity index is 1.68. The first-order valence-electron chi connectivity index (χ1n) is 9.22. The van der Waals surface area contributed by atoms with E-state index in [1.807, 2.05) is 26.0 Å². The van der Waals surface area contributed by atoms with Crippen molar-refractivity contribution in [2.75, 3.05) is 15.4 Å². The monoisotopic (exact) mass is 441 g/mol. The molecule has 0 radical (unpaired) electrons. The molecule has 0 bridgehead atoms. The summed E-state index contributed by atoms with van der Waals surface area (Å²) in [7, 11) is -3.77. The number of hydrogen-bond acceptors (Lipinski definition) is 5. The summed E-state index contributed by atoms with van der Waals surface area (Å²) in [4.78, 5) is 8.38. The predicted molar refractivity (Wildman–Crippen MR) is 125 cm³/mol. The summed E-state index contributed by atoms with van der Waals surface area (Å²) in [6, 6.07) is 14.0. The molecule has 0 atom stereocenters. The van der Waals surface area contributed by atoms with Gasteiger partial charge in [-0.15, -0.1) is 0 Å². The van der Waals surface area contributed by atoms with E-state index in [2.05, 4.69) is 31.4 Å². The topological polar surface area (TPSA) is 96.0 Å². The summed E-state index contributed by atoms with van der Waals surface area (Å²) in [5.74, 6) is 0.734. The van der Waals surface area contributed by atoms with Crippen LogP contribution in [0.3, 0.4) is 0 Å². The number of thiocarbonyl (C=S) groups is 1. The van der Waals surface area contributed by atoms with Crippen molar-refractivity contribution in [2.45, 2.75) is 32.6 Å². The number of nitrogens with one attached hydrogen (secondary N) is 3. The van der Waals surface area contributed by atoms with Gasteiger partial charge in [-0.2, -0.15) is 0 Å². The SMILES string of the molecule is Cc1cc(C)cc(NC(=S)Nc2ccc(S(=O)(=O)Nc3cc(C)nc(C)n3)cc2)c1. The van der Waals surface area contributed by atoms with Gasteiger partial charge in [-0.05, 0) is 87.4 Å². The highest BCUT2D eigenvalue weighted by Crippen LogP contribution is 2.19. The van der Waals surface area contributed by atoms with E-state index in [1.165, 1.54) is 12.1 Å². The van der Waals surface area contributed by atoms with E-state index in [0.29, 0.717) is 22.3 Å². The normalized spacial score (nSPS) is 11.1. The minimum absolute atomic E-state index is 0.121. The average molecular weight is 442 g/mol. The molecule has 3 rings (SSSR count). The van der Waals surface area contributed by atoms with E-state index in [9.17, 15) is 8.42 Å². The maximum absolute atomic E-state index is 12.6. The van der Waals surface area contributed by atoms with E-state index in [4.69, 9.17) is 12.2 Å². The van der Waals surface area contributed by atoms with Gasteiger partial charge in [-0.1, -0.05) is 6.07 Å². The molecule has 0 spiro atoms. The third-order valence-corrected chi connectivity index (χ3v) is 5.68. The molecule has 2 aromatic carbocycles. The number of aromatic nitrogens is 2. The van der Waals surface area contributed by atoms with Gasteiger partial charge >= 0.3 is 0 Å². The van der Waals surface area contributed by atoms with Gasteiger partial charge in [0.05, 0.1) is 4.90 Å². The summed E-state index contributed by atoms with van der Waals surface area (Å²) in [5.41, 5.74) is 4.52. The predicted octanol–water partition coefficient (Wildman–Crippen LogP) is 4.32. The van der Waals surface area contributed by atoms with Crippen LogP contribution in [0.25, 0.3) is 0 Å². The summed E-state index contributed by atoms with van der Waals surface area (Å²) in [6.45, 7) is 7.53. The second kappa shape index (κ2) is 8.76. The Hall–Kier alpha value is -3.04. The molecule has 0 aliphatic heterocycles. The minimum atomic E-state index is -3.77. The zero-order valence-corrected chi connectivity index (χ0v) is 18.8. The van der Waals surface area contributed by atoms with Crippen molar-refractivity contribution < 1.29 is 8.42 Å². The molecule has 156 valence electrons. The van der Waals surface area contributed by atoms with E-state index < -0.39 is 10.0 Å². The number of benzene rings is 2. The van der Waals surface area contributed by atoms with Gasteiger partial charge < -0.3 is 10.6 Å². The molecule has 30 heavy (non-hydrogen) atoms. The molecule has 0 aliphatic rings. The molecule has 1 heterocycles. The maximum Gasteiger partial charge on any atom is 0.263 e. The largest absolute Gasteiger partial charge is 0.332 e. The Kier molecular flexibility index (Phi) is 6.33. The van der Waals surface area contributed by atoms with Crippen LogP contribution in [0.1, 0.15) is 22.6 Å². The Labute approximate surface area is 182 Å². The van der Waals surface area contributed by atoms with Crippen LogP contribution in [-0.2, 0) is 10.0 Å². The molecular weight excluding hydrogens is 418 g/mol. The van der Waals surface area contributed by atoms with Crippen molar-refractivity contribution in [3.8, 4) is 0 Å². The average Bonchev–Trinajstić information content (AvgIpc) is 2.59. The second-order valence-corrected chi connectivity index (χ2v) is 9.12. The van der Waals surface area contributed by atoms with Crippen molar-refractivity contribution in [3.63, 3.8) is 0 Å². The number of aryl methyl sites for hydroxylation is 4. The number of sulfonamides is 1. The Morgan fingerprint density at radius 1 is 0.833 bits per heavy atom. The second-order valence-electron chi connectivity index (χ2n) is 7.03. The van der Waals surface area contributed by atoms with Crippen molar-refractivity contribution in [2.24, 2.45) is 0 Å². The summed E-state index contributed by atoms with van der Waals surface area (Å²) < 4.78 is 27.7. The molecule has 7 nitrogen and oxygen atoms in total. The van der Waals surface area contributed by atoms with Gasteiger partial charge in [0.25, 0.3) is 10.0 Å². The molecule has 0 aliphatic carbocycles. The molecule has 0 amide bonds. The van der Waals surface area contributed by atoms with Gasteiger partial charge in [0.1, 0.15) is 11.6 Å². The first-order valence-corrected chi connectivity index (χ1v) is 11.1.